The zero-order valence-electron chi connectivity index (χ0n) is 11.3. The van der Waals surface area contributed by atoms with Crippen molar-refractivity contribution in [2.45, 2.75) is 56.6 Å². The lowest BCUT2D eigenvalue weighted by molar-refractivity contribution is 0.0443. The number of fused-ring (bicyclic) bond motifs is 1. The average molecular weight is 324 g/mol. The van der Waals surface area contributed by atoms with Crippen molar-refractivity contribution in [3.63, 3.8) is 0 Å². The summed E-state index contributed by atoms with van der Waals surface area (Å²) in [5.41, 5.74) is 2.51. The lowest BCUT2D eigenvalue weighted by atomic mass is 9.88. The van der Waals surface area contributed by atoms with E-state index in [-0.39, 0.29) is 0 Å². The second-order valence-corrected chi connectivity index (χ2v) is 7.08. The van der Waals surface area contributed by atoms with E-state index in [0.29, 0.717) is 6.04 Å². The first-order chi connectivity index (χ1) is 9.15. The summed E-state index contributed by atoms with van der Waals surface area (Å²) >= 11 is 3.54. The van der Waals surface area contributed by atoms with E-state index >= 15 is 0 Å². The molecule has 2 N–H and O–H groups in total. The molecule has 0 radical (unpaired) electrons. The Morgan fingerprint density at radius 3 is 2.84 bits per heavy atom. The van der Waals surface area contributed by atoms with Crippen molar-refractivity contribution in [3.8, 4) is 0 Å². The number of nitrogens with one attached hydrogen (secondary N) is 1. The molecule has 2 aliphatic rings. The summed E-state index contributed by atoms with van der Waals surface area (Å²) in [7, 11) is 0. The van der Waals surface area contributed by atoms with E-state index in [2.05, 4.69) is 39.4 Å². The van der Waals surface area contributed by atoms with Crippen LogP contribution < -0.4 is 5.32 Å². The molecule has 1 saturated carbocycles. The first kappa shape index (κ1) is 13.6. The van der Waals surface area contributed by atoms with Crippen LogP contribution in [0.2, 0.25) is 0 Å². The summed E-state index contributed by atoms with van der Waals surface area (Å²) in [6.07, 6.45) is 7.72. The fourth-order valence-corrected chi connectivity index (χ4v) is 3.85. The molecule has 2 nitrogen and oxygen atoms in total. The second-order valence-electron chi connectivity index (χ2n) is 6.17. The fraction of sp³-hybridized carbons (Fsp3) is 0.625. The summed E-state index contributed by atoms with van der Waals surface area (Å²) in [5.74, 6) is 0. The highest BCUT2D eigenvalue weighted by molar-refractivity contribution is 9.10. The van der Waals surface area contributed by atoms with Crippen LogP contribution in [0.4, 0.5) is 0 Å². The van der Waals surface area contributed by atoms with Crippen molar-refractivity contribution in [1.29, 1.82) is 0 Å². The number of aliphatic hydroxyl groups is 1. The average Bonchev–Trinajstić information content (AvgIpc) is 2.84. The topological polar surface area (TPSA) is 32.3 Å². The van der Waals surface area contributed by atoms with E-state index in [4.69, 9.17) is 0 Å². The summed E-state index contributed by atoms with van der Waals surface area (Å²) < 4.78 is 1.18. The van der Waals surface area contributed by atoms with E-state index in [1.807, 2.05) is 0 Å². The molecule has 19 heavy (non-hydrogen) atoms. The van der Waals surface area contributed by atoms with Crippen molar-refractivity contribution in [2.24, 2.45) is 0 Å². The SMILES string of the molecule is OC1(CNC2CCc3cc(Br)ccc3C2)CCCC1. The van der Waals surface area contributed by atoms with Gasteiger partial charge in [0.2, 0.25) is 0 Å². The van der Waals surface area contributed by atoms with E-state index in [0.717, 1.165) is 32.2 Å². The minimum Gasteiger partial charge on any atom is -0.389 e. The predicted octanol–water partition coefficient (Wildman–Crippen LogP) is 3.20. The molecule has 3 rings (SSSR count). The first-order valence-electron chi connectivity index (χ1n) is 7.38. The number of benzene rings is 1. The van der Waals surface area contributed by atoms with Gasteiger partial charge in [-0.15, -0.1) is 0 Å². The number of halogens is 1. The zero-order chi connectivity index (χ0) is 13.3. The first-order valence-corrected chi connectivity index (χ1v) is 8.17. The van der Waals surface area contributed by atoms with Gasteiger partial charge in [0.25, 0.3) is 0 Å². The second kappa shape index (κ2) is 5.55. The van der Waals surface area contributed by atoms with Gasteiger partial charge < -0.3 is 10.4 Å². The molecule has 3 heteroatoms. The molecule has 1 unspecified atom stereocenters. The molecule has 0 spiro atoms. The molecule has 0 heterocycles. The molecule has 1 aromatic carbocycles. The van der Waals surface area contributed by atoms with Crippen LogP contribution in [0.5, 0.6) is 0 Å². The summed E-state index contributed by atoms with van der Waals surface area (Å²) in [4.78, 5) is 0. The monoisotopic (exact) mass is 323 g/mol. The maximum atomic E-state index is 10.4. The highest BCUT2D eigenvalue weighted by Gasteiger charge is 2.31. The Hall–Kier alpha value is -0.380. The molecule has 0 bridgehead atoms. The van der Waals surface area contributed by atoms with Gasteiger partial charge in [0.15, 0.2) is 0 Å². The lowest BCUT2D eigenvalue weighted by Gasteiger charge is -2.30. The Morgan fingerprint density at radius 2 is 2.05 bits per heavy atom. The normalized spacial score (nSPS) is 25.3. The number of hydrogen-bond donors (Lipinski definition) is 2. The van der Waals surface area contributed by atoms with Gasteiger partial charge in [-0.1, -0.05) is 34.8 Å². The highest BCUT2D eigenvalue weighted by atomic mass is 79.9. The minimum atomic E-state index is -0.431. The van der Waals surface area contributed by atoms with Crippen molar-refractivity contribution in [1.82, 2.24) is 5.32 Å². The smallest absolute Gasteiger partial charge is 0.0771 e. The van der Waals surface area contributed by atoms with Crippen LogP contribution in [0.1, 0.15) is 43.2 Å². The molecule has 0 aromatic heterocycles. The Kier molecular flexibility index (Phi) is 3.97. The molecule has 104 valence electrons. The number of hydrogen-bond acceptors (Lipinski definition) is 2. The van der Waals surface area contributed by atoms with Crippen LogP contribution in [0.25, 0.3) is 0 Å². The third-order valence-electron chi connectivity index (χ3n) is 4.65. The molecule has 0 aliphatic heterocycles. The van der Waals surface area contributed by atoms with Crippen molar-refractivity contribution in [2.75, 3.05) is 6.54 Å². The predicted molar refractivity (Wildman–Crippen MR) is 81.4 cm³/mol. The van der Waals surface area contributed by atoms with Gasteiger partial charge in [0.1, 0.15) is 0 Å². The molecule has 1 aromatic rings. The summed E-state index contributed by atoms with van der Waals surface area (Å²) in [6, 6.07) is 7.14. The molecule has 0 saturated heterocycles. The van der Waals surface area contributed by atoms with Gasteiger partial charge >= 0.3 is 0 Å². The van der Waals surface area contributed by atoms with Crippen LogP contribution in [0, 0.1) is 0 Å². The quantitative estimate of drug-likeness (QED) is 0.895. The van der Waals surface area contributed by atoms with Crippen LogP contribution in [-0.2, 0) is 12.8 Å². The Balaban J connectivity index is 1.58. The van der Waals surface area contributed by atoms with Gasteiger partial charge in [-0.25, -0.2) is 0 Å². The number of rotatable bonds is 3. The summed E-state index contributed by atoms with van der Waals surface area (Å²) in [5, 5.41) is 14.0. The Bertz CT molecular complexity index is 454. The van der Waals surface area contributed by atoms with Gasteiger partial charge in [-0.3, -0.25) is 0 Å². The maximum absolute atomic E-state index is 10.4. The van der Waals surface area contributed by atoms with Crippen LogP contribution in [0.15, 0.2) is 22.7 Å². The standard InChI is InChI=1S/C16H22BrNO/c17-14-5-3-13-10-15(6-4-12(13)9-14)18-11-16(19)7-1-2-8-16/h3,5,9,15,18-19H,1-2,4,6-8,10-11H2. The molecule has 1 fully saturated rings. The van der Waals surface area contributed by atoms with Crippen molar-refractivity contribution >= 4 is 15.9 Å². The fourth-order valence-electron chi connectivity index (χ4n) is 3.44. The van der Waals surface area contributed by atoms with Gasteiger partial charge in [0, 0.05) is 17.1 Å². The highest BCUT2D eigenvalue weighted by Crippen LogP contribution is 2.30. The molecular formula is C16H22BrNO. The number of aryl methyl sites for hydroxylation is 1. The van der Waals surface area contributed by atoms with Crippen LogP contribution in [-0.4, -0.2) is 23.3 Å². The molecule has 0 amide bonds. The Labute approximate surface area is 123 Å². The molecular weight excluding hydrogens is 302 g/mol. The zero-order valence-corrected chi connectivity index (χ0v) is 12.9. The Morgan fingerprint density at radius 1 is 1.26 bits per heavy atom. The lowest BCUT2D eigenvalue weighted by Crippen LogP contribution is -2.44. The summed E-state index contributed by atoms with van der Waals surface area (Å²) in [6.45, 7) is 0.767. The van der Waals surface area contributed by atoms with Gasteiger partial charge in [-0.05, 0) is 55.4 Å². The third kappa shape index (κ3) is 3.21. The van der Waals surface area contributed by atoms with E-state index in [9.17, 15) is 5.11 Å². The van der Waals surface area contributed by atoms with E-state index < -0.39 is 5.60 Å². The third-order valence-corrected chi connectivity index (χ3v) is 5.14. The van der Waals surface area contributed by atoms with Gasteiger partial charge in [0.05, 0.1) is 5.60 Å². The van der Waals surface area contributed by atoms with Crippen LogP contribution in [0.3, 0.4) is 0 Å². The van der Waals surface area contributed by atoms with Gasteiger partial charge in [-0.2, -0.15) is 0 Å². The molecule has 1 atom stereocenters. The maximum Gasteiger partial charge on any atom is 0.0771 e. The van der Waals surface area contributed by atoms with Crippen molar-refractivity contribution < 1.29 is 5.11 Å². The van der Waals surface area contributed by atoms with Crippen molar-refractivity contribution in [3.05, 3.63) is 33.8 Å². The minimum absolute atomic E-state index is 0.431. The molecule has 2 aliphatic carbocycles. The largest absolute Gasteiger partial charge is 0.389 e. The van der Waals surface area contributed by atoms with E-state index in [1.165, 1.54) is 34.9 Å². The van der Waals surface area contributed by atoms with E-state index in [1.54, 1.807) is 0 Å². The van der Waals surface area contributed by atoms with Crippen LogP contribution >= 0.6 is 15.9 Å².